The minimum atomic E-state index is 0.255. The third-order valence-electron chi connectivity index (χ3n) is 4.30. The molecule has 0 fully saturated rings. The lowest BCUT2D eigenvalue weighted by atomic mass is 9.97. The summed E-state index contributed by atoms with van der Waals surface area (Å²) in [6, 6.07) is 8.12. The van der Waals surface area contributed by atoms with E-state index in [0.29, 0.717) is 11.7 Å². The molecular formula is C17H20ClNOS. The molecule has 3 rings (SSSR count). The number of hydrogen-bond acceptors (Lipinski definition) is 3. The first-order valence-electron chi connectivity index (χ1n) is 7.36. The average Bonchev–Trinajstić information content (AvgIpc) is 2.99. The van der Waals surface area contributed by atoms with Crippen molar-refractivity contribution in [3.05, 3.63) is 50.2 Å². The highest BCUT2D eigenvalue weighted by Crippen LogP contribution is 2.45. The molecule has 21 heavy (non-hydrogen) atoms. The maximum atomic E-state index is 10.2. The Morgan fingerprint density at radius 1 is 1.29 bits per heavy atom. The number of aromatic hydroxyl groups is 1. The van der Waals surface area contributed by atoms with E-state index in [9.17, 15) is 5.11 Å². The number of rotatable bonds is 4. The van der Waals surface area contributed by atoms with Gasteiger partial charge in [-0.25, -0.2) is 0 Å². The SMILES string of the molecule is Cc1ccc(O)c2c1C(C)CC2NCCc1ccc(Cl)s1. The van der Waals surface area contributed by atoms with E-state index in [-0.39, 0.29) is 6.04 Å². The number of nitrogens with one attached hydrogen (secondary N) is 1. The summed E-state index contributed by atoms with van der Waals surface area (Å²) in [7, 11) is 0. The molecule has 1 aromatic carbocycles. The molecule has 112 valence electrons. The normalized spacial score (nSPS) is 20.7. The number of hydrogen-bond donors (Lipinski definition) is 2. The fourth-order valence-electron chi connectivity index (χ4n) is 3.38. The van der Waals surface area contributed by atoms with Crippen LogP contribution in [0.2, 0.25) is 4.34 Å². The van der Waals surface area contributed by atoms with Gasteiger partial charge in [0.2, 0.25) is 0 Å². The first-order chi connectivity index (χ1) is 10.1. The molecule has 2 atom stereocenters. The topological polar surface area (TPSA) is 32.3 Å². The van der Waals surface area contributed by atoms with Crippen LogP contribution in [-0.4, -0.2) is 11.7 Å². The van der Waals surface area contributed by atoms with Crippen LogP contribution in [0.3, 0.4) is 0 Å². The Morgan fingerprint density at radius 3 is 2.81 bits per heavy atom. The Balaban J connectivity index is 1.70. The summed E-state index contributed by atoms with van der Waals surface area (Å²) in [5.74, 6) is 0.928. The van der Waals surface area contributed by atoms with Crippen molar-refractivity contribution in [2.75, 3.05) is 6.54 Å². The summed E-state index contributed by atoms with van der Waals surface area (Å²) in [5.41, 5.74) is 3.71. The van der Waals surface area contributed by atoms with Crippen LogP contribution in [0.4, 0.5) is 0 Å². The molecule has 2 N–H and O–H groups in total. The van der Waals surface area contributed by atoms with Gasteiger partial charge in [-0.15, -0.1) is 11.3 Å². The zero-order valence-electron chi connectivity index (χ0n) is 12.3. The van der Waals surface area contributed by atoms with E-state index in [2.05, 4.69) is 25.2 Å². The number of aryl methyl sites for hydroxylation is 1. The summed E-state index contributed by atoms with van der Waals surface area (Å²) < 4.78 is 0.845. The van der Waals surface area contributed by atoms with Gasteiger partial charge in [-0.1, -0.05) is 24.6 Å². The minimum absolute atomic E-state index is 0.255. The molecule has 1 heterocycles. The second kappa shape index (κ2) is 5.99. The van der Waals surface area contributed by atoms with Crippen molar-refractivity contribution >= 4 is 22.9 Å². The highest BCUT2D eigenvalue weighted by Gasteiger charge is 2.31. The van der Waals surface area contributed by atoms with Crippen LogP contribution in [0.5, 0.6) is 5.75 Å². The van der Waals surface area contributed by atoms with Crippen LogP contribution < -0.4 is 5.32 Å². The molecule has 0 spiro atoms. The van der Waals surface area contributed by atoms with Crippen molar-refractivity contribution in [2.45, 2.75) is 38.6 Å². The summed E-state index contributed by atoms with van der Waals surface area (Å²) in [4.78, 5) is 1.30. The van der Waals surface area contributed by atoms with Gasteiger partial charge in [-0.2, -0.15) is 0 Å². The first-order valence-corrected chi connectivity index (χ1v) is 8.55. The smallest absolute Gasteiger partial charge is 0.120 e. The van der Waals surface area contributed by atoms with Crippen LogP contribution in [0.1, 0.15) is 46.9 Å². The molecule has 0 saturated carbocycles. The Labute approximate surface area is 134 Å². The van der Waals surface area contributed by atoms with Gasteiger partial charge in [0.1, 0.15) is 5.75 Å². The monoisotopic (exact) mass is 321 g/mol. The zero-order chi connectivity index (χ0) is 15.0. The van der Waals surface area contributed by atoms with Gasteiger partial charge in [0.25, 0.3) is 0 Å². The van der Waals surface area contributed by atoms with Gasteiger partial charge in [0, 0.05) is 23.0 Å². The Kier molecular flexibility index (Phi) is 4.25. The van der Waals surface area contributed by atoms with Gasteiger partial charge in [-0.3, -0.25) is 0 Å². The van der Waals surface area contributed by atoms with Crippen LogP contribution >= 0.6 is 22.9 Å². The lowest BCUT2D eigenvalue weighted by molar-refractivity contribution is 0.446. The van der Waals surface area contributed by atoms with Crippen LogP contribution in [-0.2, 0) is 6.42 Å². The Hall–Kier alpha value is -1.03. The number of fused-ring (bicyclic) bond motifs is 1. The van der Waals surface area contributed by atoms with Crippen LogP contribution in [0.25, 0.3) is 0 Å². The summed E-state index contributed by atoms with van der Waals surface area (Å²) in [5, 5.41) is 13.8. The van der Waals surface area contributed by atoms with Crippen molar-refractivity contribution in [3.8, 4) is 5.75 Å². The van der Waals surface area contributed by atoms with E-state index >= 15 is 0 Å². The molecule has 2 aromatic rings. The molecule has 0 radical (unpaired) electrons. The van der Waals surface area contributed by atoms with Gasteiger partial charge in [-0.05, 0) is 55.0 Å². The van der Waals surface area contributed by atoms with Crippen molar-refractivity contribution in [1.29, 1.82) is 0 Å². The molecule has 0 amide bonds. The Bertz CT molecular complexity index is 652. The fourth-order valence-corrected chi connectivity index (χ4v) is 4.47. The van der Waals surface area contributed by atoms with E-state index in [1.807, 2.05) is 18.2 Å². The molecule has 2 nitrogen and oxygen atoms in total. The van der Waals surface area contributed by atoms with Crippen LogP contribution in [0.15, 0.2) is 24.3 Å². The van der Waals surface area contributed by atoms with E-state index in [0.717, 1.165) is 29.3 Å². The third kappa shape index (κ3) is 2.96. The van der Waals surface area contributed by atoms with E-state index in [1.54, 1.807) is 11.3 Å². The quantitative estimate of drug-likeness (QED) is 0.848. The van der Waals surface area contributed by atoms with Crippen LogP contribution in [0, 0.1) is 6.92 Å². The van der Waals surface area contributed by atoms with E-state index < -0.39 is 0 Å². The maximum absolute atomic E-state index is 10.2. The van der Waals surface area contributed by atoms with Gasteiger partial charge in [0.15, 0.2) is 0 Å². The number of benzene rings is 1. The number of phenolic OH excluding ortho intramolecular Hbond substituents is 1. The second-order valence-electron chi connectivity index (χ2n) is 5.83. The summed E-state index contributed by atoms with van der Waals surface area (Å²) in [6.45, 7) is 5.28. The minimum Gasteiger partial charge on any atom is -0.508 e. The number of phenols is 1. The Morgan fingerprint density at radius 2 is 2.10 bits per heavy atom. The van der Waals surface area contributed by atoms with Crippen molar-refractivity contribution in [1.82, 2.24) is 5.32 Å². The molecular weight excluding hydrogens is 302 g/mol. The number of halogens is 1. The predicted octanol–water partition coefficient (Wildman–Crippen LogP) is 4.80. The molecule has 1 aromatic heterocycles. The largest absolute Gasteiger partial charge is 0.508 e. The maximum Gasteiger partial charge on any atom is 0.120 e. The zero-order valence-corrected chi connectivity index (χ0v) is 13.9. The molecule has 1 aliphatic carbocycles. The average molecular weight is 322 g/mol. The van der Waals surface area contributed by atoms with Gasteiger partial charge in [0.05, 0.1) is 4.34 Å². The van der Waals surface area contributed by atoms with Gasteiger partial charge < -0.3 is 10.4 Å². The molecule has 0 aliphatic heterocycles. The van der Waals surface area contributed by atoms with Gasteiger partial charge >= 0.3 is 0 Å². The molecule has 0 bridgehead atoms. The predicted molar refractivity (Wildman–Crippen MR) is 89.7 cm³/mol. The lowest BCUT2D eigenvalue weighted by Gasteiger charge is -2.15. The van der Waals surface area contributed by atoms with E-state index in [1.165, 1.54) is 16.0 Å². The molecule has 1 aliphatic rings. The highest BCUT2D eigenvalue weighted by atomic mass is 35.5. The number of thiophene rings is 1. The second-order valence-corrected chi connectivity index (χ2v) is 7.63. The lowest BCUT2D eigenvalue weighted by Crippen LogP contribution is -2.21. The molecule has 4 heteroatoms. The van der Waals surface area contributed by atoms with E-state index in [4.69, 9.17) is 11.6 Å². The molecule has 0 saturated heterocycles. The highest BCUT2D eigenvalue weighted by molar-refractivity contribution is 7.16. The third-order valence-corrected chi connectivity index (χ3v) is 5.59. The van der Waals surface area contributed by atoms with Crippen molar-refractivity contribution in [2.24, 2.45) is 0 Å². The first kappa shape index (κ1) is 14.9. The summed E-state index contributed by atoms with van der Waals surface area (Å²) in [6.07, 6.45) is 2.03. The standard InChI is InChI=1S/C17H20ClNOS/c1-10-3-5-14(20)17-13(9-11(2)16(10)17)19-8-7-12-4-6-15(18)21-12/h3-6,11,13,19-20H,7-9H2,1-2H3. The molecule has 2 unspecified atom stereocenters. The van der Waals surface area contributed by atoms with Crippen molar-refractivity contribution in [3.63, 3.8) is 0 Å². The summed E-state index contributed by atoms with van der Waals surface area (Å²) >= 11 is 7.59. The van der Waals surface area contributed by atoms with Crippen molar-refractivity contribution < 1.29 is 5.11 Å². The fraction of sp³-hybridized carbons (Fsp3) is 0.412.